The predicted molar refractivity (Wildman–Crippen MR) is 135 cm³/mol. The molecule has 0 unspecified atom stereocenters. The molecular formula is C24H63K3O6. The number of rotatable bonds is 0. The molecule has 0 saturated carbocycles. The maximum atomic E-state index is 8.52. The summed E-state index contributed by atoms with van der Waals surface area (Å²) in [5, 5.41) is 51.1. The van der Waals surface area contributed by atoms with Gasteiger partial charge in [0.1, 0.15) is 0 Å². The first kappa shape index (κ1) is 61.6. The maximum Gasteiger partial charge on any atom is 1.00 e. The Bertz CT molecular complexity index is 237. The molecule has 0 radical (unpaired) electrons. The van der Waals surface area contributed by atoms with Gasteiger partial charge in [-0.25, -0.2) is 0 Å². The van der Waals surface area contributed by atoms with Gasteiger partial charge in [-0.05, 0) is 125 Å². The molecule has 0 aliphatic rings. The molecule has 0 amide bonds. The van der Waals surface area contributed by atoms with E-state index in [4.69, 9.17) is 30.6 Å². The van der Waals surface area contributed by atoms with Gasteiger partial charge in [0.05, 0.1) is 33.6 Å². The summed E-state index contributed by atoms with van der Waals surface area (Å²) in [5.41, 5.74) is -3.00. The minimum Gasteiger partial charge on any atom is -1.00 e. The van der Waals surface area contributed by atoms with Crippen molar-refractivity contribution in [2.45, 2.75) is 158 Å². The van der Waals surface area contributed by atoms with Crippen LogP contribution in [0.1, 0.15) is 129 Å². The molecule has 0 aromatic heterocycles. The summed E-state index contributed by atoms with van der Waals surface area (Å²) in [6, 6.07) is 0. The summed E-state index contributed by atoms with van der Waals surface area (Å²) in [7, 11) is 0. The molecule has 0 atom stereocenters. The molecular weight excluding hydrogens is 502 g/mol. The summed E-state index contributed by atoms with van der Waals surface area (Å²) in [6.07, 6.45) is 0. The molecule has 0 aromatic rings. The minimum atomic E-state index is -0.500. The van der Waals surface area contributed by atoms with Gasteiger partial charge in [-0.3, -0.25) is 0 Å². The van der Waals surface area contributed by atoms with Crippen LogP contribution in [0, 0.1) is 0 Å². The third-order valence-corrected chi connectivity index (χ3v) is 0. The van der Waals surface area contributed by atoms with E-state index in [0.717, 1.165) is 0 Å². The molecule has 0 aromatic carbocycles. The molecule has 0 spiro atoms. The van der Waals surface area contributed by atoms with Crippen molar-refractivity contribution in [2.75, 3.05) is 0 Å². The van der Waals surface area contributed by atoms with E-state index < -0.39 is 33.6 Å². The van der Waals surface area contributed by atoms with E-state index in [2.05, 4.69) is 0 Å². The molecule has 0 heterocycles. The van der Waals surface area contributed by atoms with Gasteiger partial charge in [-0.2, -0.15) is 0 Å². The zero-order valence-corrected chi connectivity index (χ0v) is 36.1. The van der Waals surface area contributed by atoms with E-state index in [-0.39, 0.29) is 158 Å². The van der Waals surface area contributed by atoms with Crippen LogP contribution in [0.4, 0.5) is 0 Å². The monoisotopic (exact) mass is 564 g/mol. The second-order valence-corrected chi connectivity index (χ2v) is 13.0. The van der Waals surface area contributed by atoms with Gasteiger partial charge < -0.3 is 34.9 Å². The molecule has 0 aliphatic heterocycles. The van der Waals surface area contributed by atoms with E-state index in [1.165, 1.54) is 0 Å². The molecule has 0 aliphatic carbocycles. The summed E-state index contributed by atoms with van der Waals surface area (Å²) in [6.45, 7) is 31.4. The third-order valence-electron chi connectivity index (χ3n) is 0. The average Bonchev–Trinajstić information content (AvgIpc) is 1.94. The van der Waals surface area contributed by atoms with Gasteiger partial charge in [-0.15, -0.1) is 0 Å². The van der Waals surface area contributed by atoms with Crippen molar-refractivity contribution in [3.05, 3.63) is 0 Å². The Morgan fingerprint density at radius 1 is 0.242 bits per heavy atom. The summed E-state index contributed by atoms with van der Waals surface area (Å²) in [5.74, 6) is 0. The summed E-state index contributed by atoms with van der Waals surface area (Å²) < 4.78 is 0. The molecule has 0 bridgehead atoms. The zero-order valence-electron chi connectivity index (χ0n) is 29.7. The van der Waals surface area contributed by atoms with Crippen LogP contribution in [-0.4, -0.2) is 64.2 Å². The maximum absolute atomic E-state index is 8.52. The first-order valence-corrected chi connectivity index (χ1v) is 10.3. The molecule has 33 heavy (non-hydrogen) atoms. The van der Waals surface area contributed by atoms with E-state index in [1.807, 2.05) is 0 Å². The normalized spacial score (nSPS) is 10.9. The molecule has 9 heteroatoms. The second kappa shape index (κ2) is 28.2. The smallest absolute Gasteiger partial charge is 1.00 e. The minimum absolute atomic E-state index is 0. The number of hydrogen-bond acceptors (Lipinski definition) is 6. The van der Waals surface area contributed by atoms with Crippen molar-refractivity contribution in [2.24, 2.45) is 0 Å². The van der Waals surface area contributed by atoms with Crippen LogP contribution in [-0.2, 0) is 0 Å². The van der Waals surface area contributed by atoms with Crippen molar-refractivity contribution in [1.29, 1.82) is 0 Å². The SMILES string of the molecule is CC(C)(C)O.CC(C)(C)O.CC(C)(C)O.CC(C)(C)O.CC(C)(C)O.CC(C)(C)O.[H-].[H-].[H-].[K+].[K+].[K+]. The summed E-state index contributed by atoms with van der Waals surface area (Å²) in [4.78, 5) is 0. The topological polar surface area (TPSA) is 121 Å². The Balaban J connectivity index is -0.0000000186. The van der Waals surface area contributed by atoms with E-state index >= 15 is 0 Å². The quantitative estimate of drug-likeness (QED) is 0.167. The van der Waals surface area contributed by atoms with Crippen molar-refractivity contribution in [3.8, 4) is 0 Å². The Morgan fingerprint density at radius 3 is 0.242 bits per heavy atom. The van der Waals surface area contributed by atoms with Gasteiger partial charge in [0, 0.05) is 0 Å². The fourth-order valence-corrected chi connectivity index (χ4v) is 0. The van der Waals surface area contributed by atoms with E-state index in [0.29, 0.717) is 0 Å². The zero-order chi connectivity index (χ0) is 27.0. The molecule has 198 valence electrons. The van der Waals surface area contributed by atoms with Crippen molar-refractivity contribution < 1.29 is 189 Å². The molecule has 0 rings (SSSR count). The van der Waals surface area contributed by atoms with Crippen LogP contribution in [0.25, 0.3) is 0 Å². The van der Waals surface area contributed by atoms with Gasteiger partial charge in [0.25, 0.3) is 0 Å². The molecule has 0 saturated heterocycles. The van der Waals surface area contributed by atoms with E-state index in [1.54, 1.807) is 125 Å². The van der Waals surface area contributed by atoms with Crippen molar-refractivity contribution >= 4 is 0 Å². The van der Waals surface area contributed by atoms with Crippen LogP contribution in [0.15, 0.2) is 0 Å². The van der Waals surface area contributed by atoms with Gasteiger partial charge in [0.2, 0.25) is 0 Å². The largest absolute Gasteiger partial charge is 1.00 e. The fourth-order valence-electron chi connectivity index (χ4n) is 0. The molecule has 6 nitrogen and oxygen atoms in total. The standard InChI is InChI=1S/6C4H10O.3K.3H/c6*1-4(2,3)5;;;;;;/h6*5H,1-3H3;;;;;;/q;;;;;;3*+1;3*-1. The predicted octanol–water partition coefficient (Wildman–Crippen LogP) is -3.99. The van der Waals surface area contributed by atoms with Crippen LogP contribution in [0.5, 0.6) is 0 Å². The second-order valence-electron chi connectivity index (χ2n) is 13.0. The number of aliphatic hydroxyl groups is 6. The van der Waals surface area contributed by atoms with Crippen LogP contribution in [0.3, 0.4) is 0 Å². The Hall–Kier alpha value is 4.67. The van der Waals surface area contributed by atoms with Crippen LogP contribution < -0.4 is 154 Å². The fraction of sp³-hybridized carbons (Fsp3) is 1.00. The van der Waals surface area contributed by atoms with Crippen molar-refractivity contribution in [1.82, 2.24) is 0 Å². The Kier molecular flexibility index (Phi) is 52.7. The third kappa shape index (κ3) is 2020. The molecule has 0 fully saturated rings. The number of hydrogen-bond donors (Lipinski definition) is 6. The van der Waals surface area contributed by atoms with Crippen LogP contribution >= 0.6 is 0 Å². The first-order chi connectivity index (χ1) is 12.0. The van der Waals surface area contributed by atoms with Gasteiger partial charge in [0.15, 0.2) is 0 Å². The van der Waals surface area contributed by atoms with Gasteiger partial charge in [-0.1, -0.05) is 0 Å². The Labute approximate surface area is 340 Å². The molecule has 6 N–H and O–H groups in total. The van der Waals surface area contributed by atoms with Crippen molar-refractivity contribution in [3.63, 3.8) is 0 Å². The van der Waals surface area contributed by atoms with Crippen LogP contribution in [0.2, 0.25) is 0 Å². The van der Waals surface area contributed by atoms with Gasteiger partial charge >= 0.3 is 154 Å². The first-order valence-electron chi connectivity index (χ1n) is 10.3. The van der Waals surface area contributed by atoms with E-state index in [9.17, 15) is 0 Å². The summed E-state index contributed by atoms with van der Waals surface area (Å²) >= 11 is 0. The Morgan fingerprint density at radius 2 is 0.242 bits per heavy atom. The average molecular weight is 565 g/mol.